The zero-order valence-corrected chi connectivity index (χ0v) is 16.0. The van der Waals surface area contributed by atoms with E-state index in [2.05, 4.69) is 4.99 Å². The third-order valence-corrected chi connectivity index (χ3v) is 5.83. The Bertz CT molecular complexity index is 1050. The first kappa shape index (κ1) is 21.7. The highest BCUT2D eigenvalue weighted by Gasteiger charge is 2.39. The first-order chi connectivity index (χ1) is 12.9. The van der Waals surface area contributed by atoms with Crippen LogP contribution in [0, 0.1) is 0 Å². The molecular weight excluding hydrogens is 419 g/mol. The van der Waals surface area contributed by atoms with Crippen LogP contribution in [0.15, 0.2) is 51.2 Å². The number of guanidine groups is 1. The van der Waals surface area contributed by atoms with Crippen molar-refractivity contribution in [1.29, 1.82) is 0 Å². The SMILES string of the molecule is CCc1cc(S(=O)(=O)c2ccc(Cl)cc2)c(C(F)(F)F)cc1C(=O)N=C(N)N. The second-order valence-corrected chi connectivity index (χ2v) is 8.01. The van der Waals surface area contributed by atoms with Gasteiger partial charge < -0.3 is 11.5 Å². The van der Waals surface area contributed by atoms with E-state index in [1.807, 2.05) is 0 Å². The van der Waals surface area contributed by atoms with Crippen molar-refractivity contribution in [2.45, 2.75) is 29.3 Å². The van der Waals surface area contributed by atoms with Crippen LogP contribution in [0.25, 0.3) is 0 Å². The summed E-state index contributed by atoms with van der Waals surface area (Å²) < 4.78 is 66.5. The molecule has 0 aromatic heterocycles. The number of amides is 1. The van der Waals surface area contributed by atoms with Crippen molar-refractivity contribution < 1.29 is 26.4 Å². The van der Waals surface area contributed by atoms with Crippen molar-refractivity contribution >= 4 is 33.3 Å². The summed E-state index contributed by atoms with van der Waals surface area (Å²) in [7, 11) is -4.54. The number of hydrogen-bond donors (Lipinski definition) is 2. The van der Waals surface area contributed by atoms with Gasteiger partial charge in [0.05, 0.1) is 15.4 Å². The van der Waals surface area contributed by atoms with Gasteiger partial charge in [-0.1, -0.05) is 18.5 Å². The normalized spacial score (nSPS) is 11.9. The lowest BCUT2D eigenvalue weighted by Gasteiger charge is -2.17. The van der Waals surface area contributed by atoms with E-state index in [0.29, 0.717) is 6.07 Å². The van der Waals surface area contributed by atoms with Crippen LogP contribution in [-0.4, -0.2) is 20.3 Å². The largest absolute Gasteiger partial charge is 0.417 e. The summed E-state index contributed by atoms with van der Waals surface area (Å²) in [6.07, 6.45) is -4.98. The van der Waals surface area contributed by atoms with Crippen LogP contribution in [0.1, 0.15) is 28.4 Å². The van der Waals surface area contributed by atoms with Gasteiger partial charge in [0.1, 0.15) is 0 Å². The van der Waals surface area contributed by atoms with Gasteiger partial charge in [-0.05, 0) is 48.4 Å². The van der Waals surface area contributed by atoms with Crippen molar-refractivity contribution in [3.05, 3.63) is 58.1 Å². The standard InChI is InChI=1S/C17H15ClF3N3O3S/c1-2-9-7-14(28(26,27)11-5-3-10(18)4-6-11)13(17(19,20)21)8-12(9)15(25)24-16(22)23/h3-8H,2H2,1H3,(H4,22,23,24,25). The molecule has 0 aliphatic carbocycles. The van der Waals surface area contributed by atoms with Crippen molar-refractivity contribution in [3.8, 4) is 0 Å². The van der Waals surface area contributed by atoms with Gasteiger partial charge in [-0.25, -0.2) is 8.42 Å². The predicted molar refractivity (Wildman–Crippen MR) is 97.9 cm³/mol. The van der Waals surface area contributed by atoms with Crippen molar-refractivity contribution in [3.63, 3.8) is 0 Å². The molecule has 0 spiro atoms. The molecule has 0 atom stereocenters. The van der Waals surface area contributed by atoms with Gasteiger partial charge >= 0.3 is 6.18 Å². The Balaban J connectivity index is 2.82. The first-order valence-electron chi connectivity index (χ1n) is 7.76. The van der Waals surface area contributed by atoms with Crippen LogP contribution >= 0.6 is 11.6 Å². The van der Waals surface area contributed by atoms with Gasteiger partial charge in [-0.2, -0.15) is 18.2 Å². The zero-order valence-electron chi connectivity index (χ0n) is 14.4. The third-order valence-electron chi connectivity index (χ3n) is 3.77. The van der Waals surface area contributed by atoms with E-state index in [1.165, 1.54) is 12.1 Å². The Hall–Kier alpha value is -2.59. The van der Waals surface area contributed by atoms with Gasteiger partial charge in [0.25, 0.3) is 5.91 Å². The van der Waals surface area contributed by atoms with Gasteiger partial charge in [-0.3, -0.25) is 4.79 Å². The number of carbonyl (C=O) groups excluding carboxylic acids is 1. The highest BCUT2D eigenvalue weighted by Crippen LogP contribution is 2.38. The third kappa shape index (κ3) is 4.45. The van der Waals surface area contributed by atoms with Gasteiger partial charge in [0, 0.05) is 10.6 Å². The molecule has 2 aromatic carbocycles. The minimum atomic E-state index is -5.05. The van der Waals surface area contributed by atoms with Crippen LogP contribution in [-0.2, 0) is 22.4 Å². The van der Waals surface area contributed by atoms with E-state index < -0.39 is 43.9 Å². The zero-order chi connectivity index (χ0) is 21.3. The Kier molecular flexibility index (Phi) is 6.05. The van der Waals surface area contributed by atoms with E-state index in [-0.39, 0.29) is 21.9 Å². The lowest BCUT2D eigenvalue weighted by atomic mass is 10.0. The molecule has 6 nitrogen and oxygen atoms in total. The topological polar surface area (TPSA) is 116 Å². The number of carbonyl (C=O) groups is 1. The highest BCUT2D eigenvalue weighted by molar-refractivity contribution is 7.91. The lowest BCUT2D eigenvalue weighted by molar-refractivity contribution is -0.139. The highest BCUT2D eigenvalue weighted by atomic mass is 35.5. The number of benzene rings is 2. The molecule has 28 heavy (non-hydrogen) atoms. The molecular formula is C17H15ClF3N3O3S. The average Bonchev–Trinajstić information content (AvgIpc) is 2.59. The Morgan fingerprint density at radius 3 is 2.18 bits per heavy atom. The summed E-state index contributed by atoms with van der Waals surface area (Å²) in [6.45, 7) is 1.55. The van der Waals surface area contributed by atoms with Gasteiger partial charge in [0.15, 0.2) is 5.96 Å². The quantitative estimate of drug-likeness (QED) is 0.567. The molecule has 0 aliphatic heterocycles. The lowest BCUT2D eigenvalue weighted by Crippen LogP contribution is -2.24. The number of aliphatic imine (C=N–C) groups is 1. The predicted octanol–water partition coefficient (Wildman–Crippen LogP) is 3.17. The molecule has 0 saturated heterocycles. The number of rotatable bonds is 4. The molecule has 0 fully saturated rings. The second kappa shape index (κ2) is 7.80. The van der Waals surface area contributed by atoms with E-state index in [1.54, 1.807) is 6.92 Å². The summed E-state index contributed by atoms with van der Waals surface area (Å²) in [4.78, 5) is 14.0. The van der Waals surface area contributed by atoms with Crippen LogP contribution in [0.5, 0.6) is 0 Å². The molecule has 1 amide bonds. The molecule has 0 saturated carbocycles. The maximum atomic E-state index is 13.6. The summed E-state index contributed by atoms with van der Waals surface area (Å²) in [5, 5.41) is 0.224. The van der Waals surface area contributed by atoms with Gasteiger partial charge in [0.2, 0.25) is 9.84 Å². The van der Waals surface area contributed by atoms with Crippen LogP contribution in [0.3, 0.4) is 0 Å². The molecule has 0 bridgehead atoms. The summed E-state index contributed by atoms with van der Waals surface area (Å²) >= 11 is 5.71. The monoisotopic (exact) mass is 433 g/mol. The Morgan fingerprint density at radius 2 is 1.71 bits per heavy atom. The number of nitrogens with two attached hydrogens (primary N) is 2. The molecule has 2 aromatic rings. The fraction of sp³-hybridized carbons (Fsp3) is 0.176. The maximum absolute atomic E-state index is 13.6. The molecule has 0 radical (unpaired) electrons. The second-order valence-electron chi connectivity index (χ2n) is 5.66. The number of nitrogens with zero attached hydrogens (tertiary/aromatic N) is 1. The number of sulfone groups is 1. The minimum Gasteiger partial charge on any atom is -0.370 e. The Labute approximate surface area is 163 Å². The summed E-state index contributed by atoms with van der Waals surface area (Å²) in [5.74, 6) is -1.73. The molecule has 4 N–H and O–H groups in total. The van der Waals surface area contributed by atoms with E-state index >= 15 is 0 Å². The minimum absolute atomic E-state index is 0.0514. The molecule has 0 unspecified atom stereocenters. The fourth-order valence-electron chi connectivity index (χ4n) is 2.48. The summed E-state index contributed by atoms with van der Waals surface area (Å²) in [5.41, 5.74) is 8.35. The first-order valence-corrected chi connectivity index (χ1v) is 9.62. The number of alkyl halides is 3. The number of halogens is 4. The van der Waals surface area contributed by atoms with E-state index in [9.17, 15) is 26.4 Å². The number of hydrogen-bond acceptors (Lipinski definition) is 3. The summed E-state index contributed by atoms with van der Waals surface area (Å²) in [6, 6.07) is 5.97. The van der Waals surface area contributed by atoms with E-state index in [0.717, 1.165) is 18.2 Å². The Morgan fingerprint density at radius 1 is 1.14 bits per heavy atom. The van der Waals surface area contributed by atoms with E-state index in [4.69, 9.17) is 23.1 Å². The fourth-order valence-corrected chi connectivity index (χ4v) is 4.11. The van der Waals surface area contributed by atoms with Crippen LogP contribution in [0.2, 0.25) is 5.02 Å². The smallest absolute Gasteiger partial charge is 0.370 e. The molecule has 0 aliphatic rings. The molecule has 0 heterocycles. The molecule has 150 valence electrons. The van der Waals surface area contributed by atoms with Crippen molar-refractivity contribution in [2.75, 3.05) is 0 Å². The molecule has 2 rings (SSSR count). The van der Waals surface area contributed by atoms with Gasteiger partial charge in [-0.15, -0.1) is 0 Å². The van der Waals surface area contributed by atoms with Crippen LogP contribution < -0.4 is 11.5 Å². The average molecular weight is 434 g/mol. The number of aryl methyl sites for hydroxylation is 1. The van der Waals surface area contributed by atoms with Crippen molar-refractivity contribution in [2.24, 2.45) is 16.5 Å². The molecule has 11 heteroatoms. The van der Waals surface area contributed by atoms with Crippen molar-refractivity contribution in [1.82, 2.24) is 0 Å². The maximum Gasteiger partial charge on any atom is 0.417 e. The van der Waals surface area contributed by atoms with Crippen LogP contribution in [0.4, 0.5) is 13.2 Å².